The molecule has 0 aromatic carbocycles. The van der Waals surface area contributed by atoms with Gasteiger partial charge in [-0.2, -0.15) is 0 Å². The third kappa shape index (κ3) is 1.70. The molecule has 3 nitrogen and oxygen atoms in total. The van der Waals surface area contributed by atoms with Crippen molar-refractivity contribution in [3.8, 4) is 0 Å². The van der Waals surface area contributed by atoms with Crippen molar-refractivity contribution in [2.24, 2.45) is 0 Å². The molecule has 1 aliphatic heterocycles. The van der Waals surface area contributed by atoms with E-state index in [1.54, 1.807) is 4.90 Å². The van der Waals surface area contributed by atoms with Crippen molar-refractivity contribution in [1.82, 2.24) is 10.2 Å². The van der Waals surface area contributed by atoms with Gasteiger partial charge in [-0.25, -0.2) is 0 Å². The average Bonchev–Trinajstić information content (AvgIpc) is 2.13. The minimum absolute atomic E-state index is 0.174. The zero-order chi connectivity index (χ0) is 7.40. The SMILES string of the molecule is [CH2]CN1CCCNCC1=O. The van der Waals surface area contributed by atoms with Crippen LogP contribution in [0.2, 0.25) is 0 Å². The molecule has 0 aromatic rings. The summed E-state index contributed by atoms with van der Waals surface area (Å²) in [5.74, 6) is 0.174. The lowest BCUT2D eigenvalue weighted by molar-refractivity contribution is -0.129. The molecular formula is C7H13N2O. The second kappa shape index (κ2) is 3.56. The van der Waals surface area contributed by atoms with Crippen LogP contribution < -0.4 is 5.32 Å². The van der Waals surface area contributed by atoms with Gasteiger partial charge in [0.1, 0.15) is 0 Å². The van der Waals surface area contributed by atoms with Crippen LogP contribution in [0.4, 0.5) is 0 Å². The number of hydrogen-bond acceptors (Lipinski definition) is 2. The molecule has 0 aliphatic carbocycles. The fourth-order valence-electron chi connectivity index (χ4n) is 1.06. The van der Waals surface area contributed by atoms with Crippen molar-refractivity contribution in [2.75, 3.05) is 26.2 Å². The highest BCUT2D eigenvalue weighted by molar-refractivity contribution is 5.78. The molecule has 1 radical (unpaired) electrons. The molecule has 10 heavy (non-hydrogen) atoms. The van der Waals surface area contributed by atoms with Crippen LogP contribution in [-0.4, -0.2) is 37.0 Å². The van der Waals surface area contributed by atoms with Gasteiger partial charge in [0.25, 0.3) is 0 Å². The maximum absolute atomic E-state index is 11.1. The predicted molar refractivity (Wildman–Crippen MR) is 39.4 cm³/mol. The fraction of sp³-hybridized carbons (Fsp3) is 0.714. The second-order valence-corrected chi connectivity index (χ2v) is 2.41. The van der Waals surface area contributed by atoms with E-state index < -0.39 is 0 Å². The van der Waals surface area contributed by atoms with E-state index in [0.717, 1.165) is 19.5 Å². The van der Waals surface area contributed by atoms with Gasteiger partial charge in [-0.15, -0.1) is 0 Å². The topological polar surface area (TPSA) is 32.3 Å². The molecule has 3 heteroatoms. The number of amides is 1. The predicted octanol–water partition coefficient (Wildman–Crippen LogP) is -0.358. The van der Waals surface area contributed by atoms with Crippen molar-refractivity contribution in [2.45, 2.75) is 6.42 Å². The fourth-order valence-corrected chi connectivity index (χ4v) is 1.06. The zero-order valence-electron chi connectivity index (χ0n) is 6.10. The summed E-state index contributed by atoms with van der Waals surface area (Å²) >= 11 is 0. The van der Waals surface area contributed by atoms with Crippen molar-refractivity contribution < 1.29 is 4.79 Å². The van der Waals surface area contributed by atoms with Crippen molar-refractivity contribution >= 4 is 5.91 Å². The van der Waals surface area contributed by atoms with Gasteiger partial charge in [0, 0.05) is 13.1 Å². The Bertz CT molecular complexity index is 125. The summed E-state index contributed by atoms with van der Waals surface area (Å²) in [5, 5.41) is 3.04. The van der Waals surface area contributed by atoms with Crippen LogP contribution in [-0.2, 0) is 4.79 Å². The lowest BCUT2D eigenvalue weighted by Gasteiger charge is -2.16. The highest BCUT2D eigenvalue weighted by Gasteiger charge is 2.12. The van der Waals surface area contributed by atoms with Crippen LogP contribution in [0.5, 0.6) is 0 Å². The Morgan fingerprint density at radius 3 is 3.20 bits per heavy atom. The van der Waals surface area contributed by atoms with E-state index in [1.807, 2.05) is 0 Å². The molecule has 1 saturated heterocycles. The Labute approximate surface area is 61.4 Å². The first-order chi connectivity index (χ1) is 4.84. The quantitative estimate of drug-likeness (QED) is 0.541. The van der Waals surface area contributed by atoms with Gasteiger partial charge in [0.15, 0.2) is 0 Å². The van der Waals surface area contributed by atoms with E-state index in [0.29, 0.717) is 13.1 Å². The molecule has 1 aliphatic rings. The Balaban J connectivity index is 2.43. The second-order valence-electron chi connectivity index (χ2n) is 2.41. The molecule has 57 valence electrons. The minimum atomic E-state index is 0.174. The number of carbonyl (C=O) groups is 1. The molecule has 1 N–H and O–H groups in total. The van der Waals surface area contributed by atoms with Crippen molar-refractivity contribution in [1.29, 1.82) is 0 Å². The maximum atomic E-state index is 11.1. The molecule has 0 aromatic heterocycles. The smallest absolute Gasteiger partial charge is 0.236 e. The molecule has 1 amide bonds. The zero-order valence-corrected chi connectivity index (χ0v) is 6.10. The van der Waals surface area contributed by atoms with Gasteiger partial charge in [0.05, 0.1) is 6.54 Å². The van der Waals surface area contributed by atoms with E-state index in [2.05, 4.69) is 12.2 Å². The van der Waals surface area contributed by atoms with Gasteiger partial charge in [-0.1, -0.05) is 0 Å². The Kier molecular flexibility index (Phi) is 2.68. The molecule has 0 spiro atoms. The highest BCUT2D eigenvalue weighted by Crippen LogP contribution is 1.94. The summed E-state index contributed by atoms with van der Waals surface area (Å²) in [7, 11) is 0. The van der Waals surface area contributed by atoms with Crippen LogP contribution >= 0.6 is 0 Å². The molecule has 1 heterocycles. The van der Waals surface area contributed by atoms with Crippen molar-refractivity contribution in [3.63, 3.8) is 0 Å². The van der Waals surface area contributed by atoms with E-state index in [1.165, 1.54) is 0 Å². The molecule has 0 bridgehead atoms. The summed E-state index contributed by atoms with van der Waals surface area (Å²) in [6.45, 7) is 6.56. The molecule has 0 saturated carbocycles. The summed E-state index contributed by atoms with van der Waals surface area (Å²) in [6.07, 6.45) is 1.04. The average molecular weight is 141 g/mol. The first-order valence-corrected chi connectivity index (χ1v) is 3.62. The Morgan fingerprint density at radius 1 is 1.70 bits per heavy atom. The molecular weight excluding hydrogens is 128 g/mol. The summed E-state index contributed by atoms with van der Waals surface area (Å²) in [5.41, 5.74) is 0. The third-order valence-corrected chi connectivity index (χ3v) is 1.68. The van der Waals surface area contributed by atoms with Crippen LogP contribution in [0.25, 0.3) is 0 Å². The molecule has 1 fully saturated rings. The largest absolute Gasteiger partial charge is 0.342 e. The van der Waals surface area contributed by atoms with Gasteiger partial charge in [-0.3, -0.25) is 4.79 Å². The number of hydrogen-bond donors (Lipinski definition) is 1. The maximum Gasteiger partial charge on any atom is 0.236 e. The number of nitrogens with one attached hydrogen (secondary N) is 1. The van der Waals surface area contributed by atoms with E-state index in [-0.39, 0.29) is 5.91 Å². The van der Waals surface area contributed by atoms with Crippen LogP contribution in [0.1, 0.15) is 6.42 Å². The van der Waals surface area contributed by atoms with Crippen LogP contribution in [0.15, 0.2) is 0 Å². The Morgan fingerprint density at radius 2 is 2.50 bits per heavy atom. The number of nitrogens with zero attached hydrogens (tertiary/aromatic N) is 1. The monoisotopic (exact) mass is 141 g/mol. The van der Waals surface area contributed by atoms with E-state index >= 15 is 0 Å². The van der Waals surface area contributed by atoms with Gasteiger partial charge in [-0.05, 0) is 19.9 Å². The third-order valence-electron chi connectivity index (χ3n) is 1.68. The number of rotatable bonds is 1. The van der Waals surface area contributed by atoms with Gasteiger partial charge in [0.2, 0.25) is 5.91 Å². The number of carbonyl (C=O) groups excluding carboxylic acids is 1. The standard InChI is InChI=1S/C7H13N2O/c1-2-9-5-3-4-8-6-7(9)10/h8H,1-6H2. The van der Waals surface area contributed by atoms with Crippen LogP contribution in [0, 0.1) is 6.92 Å². The first-order valence-electron chi connectivity index (χ1n) is 3.62. The Hall–Kier alpha value is -0.570. The van der Waals surface area contributed by atoms with E-state index in [9.17, 15) is 4.79 Å². The molecule has 1 rings (SSSR count). The molecule has 0 atom stereocenters. The van der Waals surface area contributed by atoms with E-state index in [4.69, 9.17) is 0 Å². The van der Waals surface area contributed by atoms with Crippen molar-refractivity contribution in [3.05, 3.63) is 6.92 Å². The summed E-state index contributed by atoms with van der Waals surface area (Å²) < 4.78 is 0. The summed E-state index contributed by atoms with van der Waals surface area (Å²) in [6, 6.07) is 0. The van der Waals surface area contributed by atoms with Crippen LogP contribution in [0.3, 0.4) is 0 Å². The van der Waals surface area contributed by atoms with Gasteiger partial charge >= 0.3 is 0 Å². The normalized spacial score (nSPS) is 20.9. The van der Waals surface area contributed by atoms with Gasteiger partial charge < -0.3 is 10.2 Å². The molecule has 0 unspecified atom stereocenters. The highest BCUT2D eigenvalue weighted by atomic mass is 16.2. The minimum Gasteiger partial charge on any atom is -0.342 e. The lowest BCUT2D eigenvalue weighted by Crippen LogP contribution is -2.34. The first kappa shape index (κ1) is 7.54. The lowest BCUT2D eigenvalue weighted by atomic mass is 10.4. The summed E-state index contributed by atoms with van der Waals surface area (Å²) in [4.78, 5) is 12.8.